The van der Waals surface area contributed by atoms with E-state index in [1.54, 1.807) is 0 Å². The summed E-state index contributed by atoms with van der Waals surface area (Å²) in [5.41, 5.74) is 3.66. The molecule has 1 aliphatic heterocycles. The third-order valence-corrected chi connectivity index (χ3v) is 5.33. The van der Waals surface area contributed by atoms with Gasteiger partial charge in [0.1, 0.15) is 18.4 Å². The van der Waals surface area contributed by atoms with E-state index in [2.05, 4.69) is 0 Å². The summed E-state index contributed by atoms with van der Waals surface area (Å²) < 4.78 is 5.80. The first-order valence-corrected chi connectivity index (χ1v) is 9.54. The maximum atomic E-state index is 12.2. The molecule has 1 heterocycles. The minimum absolute atomic E-state index is 0.440. The second-order valence-electron chi connectivity index (χ2n) is 6.73. The third kappa shape index (κ3) is 3.61. The average molecular weight is 394 g/mol. The second kappa shape index (κ2) is 8.05. The quantitative estimate of drug-likeness (QED) is 0.675. The van der Waals surface area contributed by atoms with Gasteiger partial charge in [0.25, 0.3) is 0 Å². The zero-order valence-electron chi connectivity index (χ0n) is 15.2. The van der Waals surface area contributed by atoms with E-state index in [0.717, 1.165) is 16.7 Å². The van der Waals surface area contributed by atoms with Crippen molar-refractivity contribution in [3.63, 3.8) is 0 Å². The highest BCUT2D eigenvalue weighted by Crippen LogP contribution is 2.35. The first kappa shape index (κ1) is 18.5. The van der Waals surface area contributed by atoms with Gasteiger partial charge < -0.3 is 9.84 Å². The van der Waals surface area contributed by atoms with Crippen molar-refractivity contribution >= 4 is 17.6 Å². The fourth-order valence-corrected chi connectivity index (χ4v) is 3.95. The standard InChI is InChI=1S/C23H20ClNO3/c24-20-11-5-3-9-18(20)17-8-2-1-7-16(17)15-25-13-14-28-21-12-6-4-10-19(21)22(25)23(26)27/h1-12,22H,13-15H2,(H,26,27). The van der Waals surface area contributed by atoms with E-state index < -0.39 is 12.0 Å². The molecule has 3 aromatic carbocycles. The van der Waals surface area contributed by atoms with Crippen LogP contribution in [0.1, 0.15) is 17.2 Å². The average Bonchev–Trinajstić information content (AvgIpc) is 2.88. The number of benzene rings is 3. The zero-order valence-corrected chi connectivity index (χ0v) is 16.0. The maximum absolute atomic E-state index is 12.2. The molecule has 4 rings (SSSR count). The van der Waals surface area contributed by atoms with Crippen molar-refractivity contribution in [3.8, 4) is 16.9 Å². The minimum Gasteiger partial charge on any atom is -0.492 e. The number of aliphatic carboxylic acids is 1. The first-order chi connectivity index (χ1) is 13.6. The van der Waals surface area contributed by atoms with Crippen LogP contribution in [0.3, 0.4) is 0 Å². The molecule has 4 nitrogen and oxygen atoms in total. The van der Waals surface area contributed by atoms with Crippen molar-refractivity contribution in [1.29, 1.82) is 0 Å². The Balaban J connectivity index is 1.73. The second-order valence-corrected chi connectivity index (χ2v) is 7.14. The molecule has 28 heavy (non-hydrogen) atoms. The lowest BCUT2D eigenvalue weighted by atomic mass is 9.98. The Bertz CT molecular complexity index is 1000. The topological polar surface area (TPSA) is 49.8 Å². The number of ether oxygens (including phenoxy) is 1. The van der Waals surface area contributed by atoms with Crippen LogP contribution in [-0.2, 0) is 11.3 Å². The predicted octanol–water partition coefficient (Wildman–Crippen LogP) is 5.03. The molecule has 0 aromatic heterocycles. The molecule has 1 unspecified atom stereocenters. The number of carboxylic acids is 1. The Morgan fingerprint density at radius 2 is 1.68 bits per heavy atom. The van der Waals surface area contributed by atoms with Crippen molar-refractivity contribution in [3.05, 3.63) is 88.9 Å². The van der Waals surface area contributed by atoms with Gasteiger partial charge in [0, 0.05) is 29.2 Å². The molecule has 3 aromatic rings. The number of rotatable bonds is 4. The van der Waals surface area contributed by atoms with Crippen LogP contribution in [-0.4, -0.2) is 29.1 Å². The zero-order chi connectivity index (χ0) is 19.5. The van der Waals surface area contributed by atoms with E-state index >= 15 is 0 Å². The molecule has 0 bridgehead atoms. The van der Waals surface area contributed by atoms with E-state index in [1.165, 1.54) is 0 Å². The molecule has 1 atom stereocenters. The largest absolute Gasteiger partial charge is 0.492 e. The summed E-state index contributed by atoms with van der Waals surface area (Å²) >= 11 is 6.42. The van der Waals surface area contributed by atoms with E-state index in [1.807, 2.05) is 77.7 Å². The fourth-order valence-electron chi connectivity index (χ4n) is 3.72. The van der Waals surface area contributed by atoms with E-state index in [9.17, 15) is 9.90 Å². The molecular weight excluding hydrogens is 374 g/mol. The summed E-state index contributed by atoms with van der Waals surface area (Å²) in [7, 11) is 0. The fraction of sp³-hybridized carbons (Fsp3) is 0.174. The number of para-hydroxylation sites is 1. The van der Waals surface area contributed by atoms with Gasteiger partial charge >= 0.3 is 5.97 Å². The van der Waals surface area contributed by atoms with Crippen molar-refractivity contribution in [2.75, 3.05) is 13.2 Å². The predicted molar refractivity (Wildman–Crippen MR) is 110 cm³/mol. The number of carbonyl (C=O) groups is 1. The highest BCUT2D eigenvalue weighted by Gasteiger charge is 2.32. The van der Waals surface area contributed by atoms with Crippen LogP contribution in [0.15, 0.2) is 72.8 Å². The van der Waals surface area contributed by atoms with Gasteiger partial charge in [0.15, 0.2) is 0 Å². The molecule has 1 aliphatic rings. The van der Waals surface area contributed by atoms with Crippen LogP contribution >= 0.6 is 11.6 Å². The van der Waals surface area contributed by atoms with Crippen molar-refractivity contribution in [2.24, 2.45) is 0 Å². The van der Waals surface area contributed by atoms with E-state index in [0.29, 0.717) is 36.0 Å². The monoisotopic (exact) mass is 393 g/mol. The summed E-state index contributed by atoms with van der Waals surface area (Å²) in [6, 6.07) is 22.3. The molecule has 1 N–H and O–H groups in total. The van der Waals surface area contributed by atoms with Crippen LogP contribution in [0, 0.1) is 0 Å². The highest BCUT2D eigenvalue weighted by atomic mass is 35.5. The highest BCUT2D eigenvalue weighted by molar-refractivity contribution is 6.33. The van der Waals surface area contributed by atoms with Crippen molar-refractivity contribution in [1.82, 2.24) is 4.90 Å². The van der Waals surface area contributed by atoms with Gasteiger partial charge in [0.05, 0.1) is 0 Å². The van der Waals surface area contributed by atoms with Crippen molar-refractivity contribution < 1.29 is 14.6 Å². The Hall–Kier alpha value is -2.82. The van der Waals surface area contributed by atoms with Crippen LogP contribution in [0.2, 0.25) is 5.02 Å². The van der Waals surface area contributed by atoms with Gasteiger partial charge in [-0.2, -0.15) is 0 Å². The molecule has 0 aliphatic carbocycles. The number of fused-ring (bicyclic) bond motifs is 1. The lowest BCUT2D eigenvalue weighted by Gasteiger charge is -2.27. The maximum Gasteiger partial charge on any atom is 0.325 e. The Morgan fingerprint density at radius 1 is 1.00 bits per heavy atom. The smallest absolute Gasteiger partial charge is 0.325 e. The lowest BCUT2D eigenvalue weighted by Crippen LogP contribution is -2.34. The van der Waals surface area contributed by atoms with Gasteiger partial charge in [-0.25, -0.2) is 0 Å². The van der Waals surface area contributed by atoms with Crippen LogP contribution < -0.4 is 4.74 Å². The summed E-state index contributed by atoms with van der Waals surface area (Å²) in [6.45, 7) is 1.44. The van der Waals surface area contributed by atoms with Gasteiger partial charge in [-0.05, 0) is 23.3 Å². The molecule has 0 fully saturated rings. The molecule has 0 saturated carbocycles. The third-order valence-electron chi connectivity index (χ3n) is 5.00. The van der Waals surface area contributed by atoms with Gasteiger partial charge in [-0.3, -0.25) is 9.69 Å². The van der Waals surface area contributed by atoms with Crippen LogP contribution in [0.25, 0.3) is 11.1 Å². The summed E-state index contributed by atoms with van der Waals surface area (Å²) in [6.07, 6.45) is 0. The number of halogens is 1. The number of hydrogen-bond acceptors (Lipinski definition) is 3. The molecule has 0 spiro atoms. The molecule has 142 valence electrons. The molecule has 0 radical (unpaired) electrons. The number of hydrogen-bond donors (Lipinski definition) is 1. The Labute approximate surface area is 168 Å². The van der Waals surface area contributed by atoms with Crippen LogP contribution in [0.4, 0.5) is 0 Å². The molecule has 0 amide bonds. The van der Waals surface area contributed by atoms with E-state index in [4.69, 9.17) is 16.3 Å². The van der Waals surface area contributed by atoms with Gasteiger partial charge in [-0.1, -0.05) is 72.3 Å². The molecular formula is C23H20ClNO3. The summed E-state index contributed by atoms with van der Waals surface area (Å²) in [4.78, 5) is 14.1. The lowest BCUT2D eigenvalue weighted by molar-refractivity contribution is -0.143. The SMILES string of the molecule is O=C(O)C1c2ccccc2OCCN1Cc1ccccc1-c1ccccc1Cl. The first-order valence-electron chi connectivity index (χ1n) is 9.16. The van der Waals surface area contributed by atoms with Gasteiger partial charge in [0.2, 0.25) is 0 Å². The molecule has 5 heteroatoms. The Kier molecular flexibility index (Phi) is 5.33. The normalized spacial score (nSPS) is 16.7. The van der Waals surface area contributed by atoms with Crippen molar-refractivity contribution in [2.45, 2.75) is 12.6 Å². The molecule has 0 saturated heterocycles. The number of carboxylic acid groups (broad SMARTS) is 1. The minimum atomic E-state index is -0.881. The van der Waals surface area contributed by atoms with Crippen LogP contribution in [0.5, 0.6) is 5.75 Å². The number of nitrogens with zero attached hydrogens (tertiary/aromatic N) is 1. The Morgan fingerprint density at radius 3 is 2.46 bits per heavy atom. The van der Waals surface area contributed by atoms with E-state index in [-0.39, 0.29) is 0 Å². The summed E-state index contributed by atoms with van der Waals surface area (Å²) in [5, 5.41) is 10.6. The van der Waals surface area contributed by atoms with Gasteiger partial charge in [-0.15, -0.1) is 0 Å². The summed E-state index contributed by atoms with van der Waals surface area (Å²) in [5.74, 6) is -0.245.